The summed E-state index contributed by atoms with van der Waals surface area (Å²) in [6.07, 6.45) is 0.898. The largest absolute Gasteiger partial charge is 0.495 e. The van der Waals surface area contributed by atoms with Crippen molar-refractivity contribution in [3.63, 3.8) is 0 Å². The minimum Gasteiger partial charge on any atom is -0.495 e. The molecule has 20 heavy (non-hydrogen) atoms. The van der Waals surface area contributed by atoms with Crippen molar-refractivity contribution >= 4 is 22.4 Å². The zero-order valence-electron chi connectivity index (χ0n) is 11.7. The summed E-state index contributed by atoms with van der Waals surface area (Å²) in [5.74, 6) is 0.786. The third-order valence-electron chi connectivity index (χ3n) is 3.43. The van der Waals surface area contributed by atoms with Crippen LogP contribution in [0.2, 0.25) is 0 Å². The van der Waals surface area contributed by atoms with Gasteiger partial charge in [-0.2, -0.15) is 4.31 Å². The second-order valence-electron chi connectivity index (χ2n) is 4.73. The number of hydrogen-bond acceptors (Lipinski definition) is 4. The number of rotatable bonds is 5. The quantitative estimate of drug-likeness (QED) is 0.889. The summed E-state index contributed by atoms with van der Waals surface area (Å²) in [6, 6.07) is 6.76. The smallest absolute Gasteiger partial charge is 0.246 e. The highest BCUT2D eigenvalue weighted by Gasteiger charge is 2.33. The highest BCUT2D eigenvalue weighted by atomic mass is 35.5. The fourth-order valence-corrected chi connectivity index (χ4v) is 4.13. The number of ether oxygens (including phenoxy) is 1. The summed E-state index contributed by atoms with van der Waals surface area (Å²) >= 11 is 0. The molecular weight excluding hydrogens is 300 g/mol. The van der Waals surface area contributed by atoms with Crippen LogP contribution in [0.3, 0.4) is 0 Å². The number of sulfonamides is 1. The minimum absolute atomic E-state index is 0. The number of methoxy groups -OCH3 is 1. The van der Waals surface area contributed by atoms with Crippen LogP contribution in [-0.4, -0.2) is 46.5 Å². The molecule has 1 aliphatic rings. The third kappa shape index (κ3) is 3.44. The molecule has 0 aromatic heterocycles. The van der Waals surface area contributed by atoms with Crippen LogP contribution in [0, 0.1) is 5.92 Å². The predicted molar refractivity (Wildman–Crippen MR) is 81.0 cm³/mol. The van der Waals surface area contributed by atoms with Gasteiger partial charge >= 0.3 is 0 Å². The van der Waals surface area contributed by atoms with Crippen molar-refractivity contribution in [1.82, 2.24) is 9.62 Å². The first kappa shape index (κ1) is 17.2. The molecule has 1 fully saturated rings. The molecule has 5 nitrogen and oxygen atoms in total. The zero-order chi connectivity index (χ0) is 13.9. The Bertz CT molecular complexity index is 536. The normalized spacial score (nSPS) is 19.6. The summed E-state index contributed by atoms with van der Waals surface area (Å²) in [7, 11) is -0.0776. The van der Waals surface area contributed by atoms with Crippen molar-refractivity contribution in [2.75, 3.05) is 33.8 Å². The van der Waals surface area contributed by atoms with Gasteiger partial charge in [0.05, 0.1) is 7.11 Å². The molecule has 0 bridgehead atoms. The second kappa shape index (κ2) is 7.26. The molecule has 0 radical (unpaired) electrons. The molecule has 1 saturated heterocycles. The second-order valence-corrected chi connectivity index (χ2v) is 6.63. The lowest BCUT2D eigenvalue weighted by Crippen LogP contribution is -2.30. The van der Waals surface area contributed by atoms with Gasteiger partial charge in [-0.1, -0.05) is 12.1 Å². The zero-order valence-corrected chi connectivity index (χ0v) is 13.3. The Morgan fingerprint density at radius 1 is 1.40 bits per heavy atom. The van der Waals surface area contributed by atoms with E-state index in [4.69, 9.17) is 4.74 Å². The van der Waals surface area contributed by atoms with E-state index >= 15 is 0 Å². The highest BCUT2D eigenvalue weighted by Crippen LogP contribution is 2.29. The molecule has 1 atom stereocenters. The van der Waals surface area contributed by atoms with Gasteiger partial charge in [-0.3, -0.25) is 0 Å². The van der Waals surface area contributed by atoms with Gasteiger partial charge in [-0.25, -0.2) is 8.42 Å². The van der Waals surface area contributed by atoms with Gasteiger partial charge in [-0.15, -0.1) is 12.4 Å². The SMILES string of the molecule is CNCC1CCN(S(=O)(=O)c2ccccc2OC)C1.Cl. The molecule has 1 unspecified atom stereocenters. The molecule has 1 heterocycles. The summed E-state index contributed by atoms with van der Waals surface area (Å²) in [5.41, 5.74) is 0. The summed E-state index contributed by atoms with van der Waals surface area (Å²) < 4.78 is 31.9. The van der Waals surface area contributed by atoms with Crippen molar-refractivity contribution in [3.8, 4) is 5.75 Å². The maximum atomic E-state index is 12.6. The Balaban J connectivity index is 0.00000200. The van der Waals surface area contributed by atoms with E-state index in [1.54, 1.807) is 28.6 Å². The van der Waals surface area contributed by atoms with Gasteiger partial charge < -0.3 is 10.1 Å². The maximum absolute atomic E-state index is 12.6. The van der Waals surface area contributed by atoms with Crippen LogP contribution >= 0.6 is 12.4 Å². The van der Waals surface area contributed by atoms with Gasteiger partial charge in [0, 0.05) is 13.1 Å². The number of halogens is 1. The number of para-hydroxylation sites is 1. The molecule has 7 heteroatoms. The first-order valence-electron chi connectivity index (χ1n) is 6.37. The fraction of sp³-hybridized carbons (Fsp3) is 0.538. The minimum atomic E-state index is -3.45. The average molecular weight is 321 g/mol. The highest BCUT2D eigenvalue weighted by molar-refractivity contribution is 7.89. The van der Waals surface area contributed by atoms with E-state index < -0.39 is 10.0 Å². The molecule has 0 saturated carbocycles. The number of hydrogen-bond donors (Lipinski definition) is 1. The third-order valence-corrected chi connectivity index (χ3v) is 5.33. The van der Waals surface area contributed by atoms with Gasteiger partial charge in [0.25, 0.3) is 0 Å². The number of benzene rings is 1. The number of nitrogens with zero attached hydrogens (tertiary/aromatic N) is 1. The summed E-state index contributed by atoms with van der Waals surface area (Å²) in [4.78, 5) is 0.252. The van der Waals surface area contributed by atoms with E-state index in [0.717, 1.165) is 13.0 Å². The van der Waals surface area contributed by atoms with E-state index in [2.05, 4.69) is 5.32 Å². The molecule has 1 aromatic carbocycles. The first-order valence-corrected chi connectivity index (χ1v) is 7.81. The van der Waals surface area contributed by atoms with Crippen LogP contribution < -0.4 is 10.1 Å². The van der Waals surface area contributed by atoms with Crippen LogP contribution in [0.5, 0.6) is 5.75 Å². The van der Waals surface area contributed by atoms with E-state index in [9.17, 15) is 8.42 Å². The van der Waals surface area contributed by atoms with Crippen molar-refractivity contribution in [1.29, 1.82) is 0 Å². The standard InChI is InChI=1S/C13H20N2O3S.ClH/c1-14-9-11-7-8-15(10-11)19(16,17)13-6-4-3-5-12(13)18-2;/h3-6,11,14H,7-10H2,1-2H3;1H. The molecule has 0 aliphatic carbocycles. The van der Waals surface area contributed by atoms with Crippen LogP contribution in [-0.2, 0) is 10.0 Å². The van der Waals surface area contributed by atoms with Crippen molar-refractivity contribution in [2.45, 2.75) is 11.3 Å². The van der Waals surface area contributed by atoms with E-state index in [0.29, 0.717) is 24.8 Å². The fourth-order valence-electron chi connectivity index (χ4n) is 2.44. The van der Waals surface area contributed by atoms with E-state index in [-0.39, 0.29) is 17.3 Å². The molecule has 2 rings (SSSR count). The molecule has 114 valence electrons. The molecule has 1 aliphatic heterocycles. The summed E-state index contributed by atoms with van der Waals surface area (Å²) in [5, 5.41) is 3.10. The lowest BCUT2D eigenvalue weighted by Gasteiger charge is -2.18. The van der Waals surface area contributed by atoms with Crippen molar-refractivity contribution in [3.05, 3.63) is 24.3 Å². The van der Waals surface area contributed by atoms with E-state index in [1.807, 2.05) is 7.05 Å². The summed E-state index contributed by atoms with van der Waals surface area (Å²) in [6.45, 7) is 1.99. The Morgan fingerprint density at radius 3 is 2.75 bits per heavy atom. The van der Waals surface area contributed by atoms with Gasteiger partial charge in [0.15, 0.2) is 0 Å². The Morgan fingerprint density at radius 2 is 2.10 bits per heavy atom. The predicted octanol–water partition coefficient (Wildman–Crippen LogP) is 1.35. The molecule has 0 amide bonds. The topological polar surface area (TPSA) is 58.6 Å². The lowest BCUT2D eigenvalue weighted by atomic mass is 10.1. The van der Waals surface area contributed by atoms with Gasteiger partial charge in [-0.05, 0) is 38.1 Å². The first-order chi connectivity index (χ1) is 9.09. The van der Waals surface area contributed by atoms with Crippen LogP contribution in [0.4, 0.5) is 0 Å². The van der Waals surface area contributed by atoms with Gasteiger partial charge in [0.1, 0.15) is 10.6 Å². The molecule has 0 spiro atoms. The Hall–Kier alpha value is -0.820. The van der Waals surface area contributed by atoms with Crippen LogP contribution in [0.25, 0.3) is 0 Å². The van der Waals surface area contributed by atoms with Gasteiger partial charge in [0.2, 0.25) is 10.0 Å². The van der Waals surface area contributed by atoms with Crippen molar-refractivity contribution < 1.29 is 13.2 Å². The maximum Gasteiger partial charge on any atom is 0.246 e. The molecule has 1 aromatic rings. The average Bonchev–Trinajstić information content (AvgIpc) is 2.88. The monoisotopic (exact) mass is 320 g/mol. The van der Waals surface area contributed by atoms with E-state index in [1.165, 1.54) is 7.11 Å². The lowest BCUT2D eigenvalue weighted by molar-refractivity contribution is 0.397. The van der Waals surface area contributed by atoms with Crippen LogP contribution in [0.15, 0.2) is 29.2 Å². The van der Waals surface area contributed by atoms with Crippen LogP contribution in [0.1, 0.15) is 6.42 Å². The molecular formula is C13H21ClN2O3S. The Labute approximate surface area is 126 Å². The Kier molecular flexibility index (Phi) is 6.26. The molecule has 1 N–H and O–H groups in total. The number of nitrogens with one attached hydrogen (secondary N) is 1. The van der Waals surface area contributed by atoms with Crippen molar-refractivity contribution in [2.24, 2.45) is 5.92 Å².